The molecule has 0 saturated heterocycles. The number of halogens is 1. The molecular weight excluding hydrogens is 225 g/mol. The third-order valence-corrected chi connectivity index (χ3v) is 3.28. The monoisotopic (exact) mass is 251 g/mol. The predicted molar refractivity (Wildman–Crippen MR) is 76.0 cm³/mol. The molecule has 1 aromatic rings. The van der Waals surface area contributed by atoms with Crippen LogP contribution in [-0.2, 0) is 6.54 Å². The highest BCUT2D eigenvalue weighted by Gasteiger charge is 2.16. The van der Waals surface area contributed by atoms with Crippen molar-refractivity contribution in [3.05, 3.63) is 35.6 Å². The smallest absolute Gasteiger partial charge is 0.123 e. The molecule has 0 heterocycles. The van der Waals surface area contributed by atoms with Crippen LogP contribution >= 0.6 is 0 Å². The van der Waals surface area contributed by atoms with Crippen molar-refractivity contribution < 1.29 is 4.39 Å². The quantitative estimate of drug-likeness (QED) is 0.670. The van der Waals surface area contributed by atoms with Crippen LogP contribution in [0, 0.1) is 11.2 Å². The van der Waals surface area contributed by atoms with Crippen molar-refractivity contribution in [3.8, 4) is 0 Å². The summed E-state index contributed by atoms with van der Waals surface area (Å²) >= 11 is 0. The van der Waals surface area contributed by atoms with E-state index in [2.05, 4.69) is 26.1 Å². The summed E-state index contributed by atoms with van der Waals surface area (Å²) in [5.74, 6) is -0.156. The molecule has 0 saturated carbocycles. The lowest BCUT2D eigenvalue weighted by atomic mass is 9.87. The number of hydrogen-bond acceptors (Lipinski definition) is 1. The molecular formula is C16H26FN. The van der Waals surface area contributed by atoms with Crippen molar-refractivity contribution in [2.75, 3.05) is 6.54 Å². The molecule has 0 atom stereocenters. The maximum absolute atomic E-state index is 13.0. The molecule has 2 heteroatoms. The fourth-order valence-electron chi connectivity index (χ4n) is 2.13. The first-order valence-electron chi connectivity index (χ1n) is 6.99. The van der Waals surface area contributed by atoms with E-state index >= 15 is 0 Å². The maximum Gasteiger partial charge on any atom is 0.123 e. The van der Waals surface area contributed by atoms with Gasteiger partial charge in [-0.2, -0.15) is 0 Å². The Labute approximate surface area is 111 Å². The second kappa shape index (κ2) is 7.52. The van der Waals surface area contributed by atoms with Gasteiger partial charge in [0.15, 0.2) is 0 Å². The van der Waals surface area contributed by atoms with E-state index in [9.17, 15) is 4.39 Å². The van der Waals surface area contributed by atoms with E-state index in [0.29, 0.717) is 5.41 Å². The molecule has 0 aliphatic heterocycles. The summed E-state index contributed by atoms with van der Waals surface area (Å²) in [5.41, 5.74) is 1.34. The summed E-state index contributed by atoms with van der Waals surface area (Å²) in [4.78, 5) is 0. The topological polar surface area (TPSA) is 12.0 Å². The van der Waals surface area contributed by atoms with E-state index < -0.39 is 0 Å². The Hall–Kier alpha value is -0.890. The maximum atomic E-state index is 13.0. The van der Waals surface area contributed by atoms with Crippen LogP contribution in [0.2, 0.25) is 0 Å². The van der Waals surface area contributed by atoms with Gasteiger partial charge in [-0.3, -0.25) is 0 Å². The molecule has 0 spiro atoms. The van der Waals surface area contributed by atoms with Gasteiger partial charge in [0.25, 0.3) is 0 Å². The minimum absolute atomic E-state index is 0.156. The van der Waals surface area contributed by atoms with Crippen molar-refractivity contribution in [1.82, 2.24) is 5.32 Å². The molecule has 1 rings (SSSR count). The average molecular weight is 251 g/mol. The lowest BCUT2D eigenvalue weighted by molar-refractivity contribution is 0.302. The molecule has 0 bridgehead atoms. The van der Waals surface area contributed by atoms with E-state index in [0.717, 1.165) is 18.7 Å². The molecule has 1 nitrogen and oxygen atoms in total. The Kier molecular flexibility index (Phi) is 6.34. The Morgan fingerprint density at radius 2 is 2.00 bits per heavy atom. The highest BCUT2D eigenvalue weighted by Crippen LogP contribution is 2.22. The minimum atomic E-state index is -0.156. The molecule has 0 unspecified atom stereocenters. The first kappa shape index (κ1) is 15.2. The van der Waals surface area contributed by atoms with E-state index in [1.54, 1.807) is 12.1 Å². The third-order valence-electron chi connectivity index (χ3n) is 3.28. The highest BCUT2D eigenvalue weighted by molar-refractivity contribution is 5.15. The Balaban J connectivity index is 2.27. The Bertz CT molecular complexity index is 347. The fourth-order valence-corrected chi connectivity index (χ4v) is 2.13. The summed E-state index contributed by atoms with van der Waals surface area (Å²) in [6.45, 7) is 8.54. The molecule has 0 amide bonds. The van der Waals surface area contributed by atoms with Crippen molar-refractivity contribution in [3.63, 3.8) is 0 Å². The first-order valence-corrected chi connectivity index (χ1v) is 6.99. The fraction of sp³-hybridized carbons (Fsp3) is 0.625. The molecule has 1 aromatic carbocycles. The Morgan fingerprint density at radius 3 is 2.67 bits per heavy atom. The van der Waals surface area contributed by atoms with E-state index in [-0.39, 0.29) is 5.82 Å². The minimum Gasteiger partial charge on any atom is -0.312 e. The molecule has 1 N–H and O–H groups in total. The summed E-state index contributed by atoms with van der Waals surface area (Å²) in [7, 11) is 0. The number of hydrogen-bond donors (Lipinski definition) is 1. The summed E-state index contributed by atoms with van der Waals surface area (Å²) < 4.78 is 13.0. The molecule has 0 fully saturated rings. The van der Waals surface area contributed by atoms with Crippen LogP contribution in [0.3, 0.4) is 0 Å². The Morgan fingerprint density at radius 1 is 1.22 bits per heavy atom. The van der Waals surface area contributed by atoms with Crippen molar-refractivity contribution in [2.24, 2.45) is 5.41 Å². The molecule has 0 aromatic heterocycles. The van der Waals surface area contributed by atoms with Gasteiger partial charge in [0, 0.05) is 13.1 Å². The van der Waals surface area contributed by atoms with Crippen LogP contribution in [0.5, 0.6) is 0 Å². The van der Waals surface area contributed by atoms with E-state index in [1.165, 1.54) is 31.7 Å². The lowest BCUT2D eigenvalue weighted by Crippen LogP contribution is -2.29. The van der Waals surface area contributed by atoms with E-state index in [1.807, 2.05) is 6.07 Å². The number of unbranched alkanes of at least 4 members (excludes halogenated alkanes) is 2. The first-order chi connectivity index (χ1) is 8.53. The molecule has 0 radical (unpaired) electrons. The van der Waals surface area contributed by atoms with Gasteiger partial charge in [0.05, 0.1) is 0 Å². The number of rotatable bonds is 8. The van der Waals surface area contributed by atoms with Crippen LogP contribution in [0.1, 0.15) is 52.0 Å². The third kappa shape index (κ3) is 6.15. The zero-order valence-corrected chi connectivity index (χ0v) is 11.9. The van der Waals surface area contributed by atoms with Gasteiger partial charge in [-0.25, -0.2) is 4.39 Å². The molecule has 18 heavy (non-hydrogen) atoms. The van der Waals surface area contributed by atoms with Gasteiger partial charge >= 0.3 is 0 Å². The summed E-state index contributed by atoms with van der Waals surface area (Å²) in [5, 5.41) is 3.43. The summed E-state index contributed by atoms with van der Waals surface area (Å²) in [6, 6.07) is 6.80. The molecule has 0 aliphatic carbocycles. The van der Waals surface area contributed by atoms with Crippen LogP contribution in [0.25, 0.3) is 0 Å². The van der Waals surface area contributed by atoms with Gasteiger partial charge in [0.2, 0.25) is 0 Å². The standard InChI is InChI=1S/C16H26FN/c1-4-5-6-10-16(2,3)13-18-12-14-8-7-9-15(17)11-14/h7-9,11,18H,4-6,10,12-13H2,1-3H3. The van der Waals surface area contributed by atoms with Gasteiger partial charge in [-0.05, 0) is 29.5 Å². The van der Waals surface area contributed by atoms with Crippen LogP contribution < -0.4 is 5.32 Å². The average Bonchev–Trinajstić information content (AvgIpc) is 2.29. The zero-order valence-electron chi connectivity index (χ0n) is 11.9. The SMILES string of the molecule is CCCCCC(C)(C)CNCc1cccc(F)c1. The number of nitrogens with one attached hydrogen (secondary N) is 1. The van der Waals surface area contributed by atoms with Gasteiger partial charge in [0.1, 0.15) is 5.82 Å². The van der Waals surface area contributed by atoms with Crippen molar-refractivity contribution >= 4 is 0 Å². The van der Waals surface area contributed by atoms with Crippen LogP contribution in [0.15, 0.2) is 24.3 Å². The van der Waals surface area contributed by atoms with Crippen molar-refractivity contribution in [1.29, 1.82) is 0 Å². The van der Waals surface area contributed by atoms with Gasteiger partial charge in [-0.15, -0.1) is 0 Å². The molecule has 102 valence electrons. The summed E-state index contributed by atoms with van der Waals surface area (Å²) in [6.07, 6.45) is 5.13. The van der Waals surface area contributed by atoms with Gasteiger partial charge < -0.3 is 5.32 Å². The second-order valence-corrected chi connectivity index (χ2v) is 5.85. The van der Waals surface area contributed by atoms with Crippen LogP contribution in [-0.4, -0.2) is 6.54 Å². The normalized spacial score (nSPS) is 11.8. The second-order valence-electron chi connectivity index (χ2n) is 5.85. The largest absolute Gasteiger partial charge is 0.312 e. The lowest BCUT2D eigenvalue weighted by Gasteiger charge is -2.25. The highest BCUT2D eigenvalue weighted by atomic mass is 19.1. The molecule has 0 aliphatic rings. The van der Waals surface area contributed by atoms with Crippen molar-refractivity contribution in [2.45, 2.75) is 53.0 Å². The number of benzene rings is 1. The zero-order chi connectivity index (χ0) is 13.4. The van der Waals surface area contributed by atoms with E-state index in [4.69, 9.17) is 0 Å². The predicted octanol–water partition coefficient (Wildman–Crippen LogP) is 4.52. The van der Waals surface area contributed by atoms with Gasteiger partial charge in [-0.1, -0.05) is 52.2 Å². The van der Waals surface area contributed by atoms with Crippen LogP contribution in [0.4, 0.5) is 4.39 Å².